The molecule has 3 rings (SSSR count). The Morgan fingerprint density at radius 1 is 1.31 bits per heavy atom. The van der Waals surface area contributed by atoms with E-state index in [-0.39, 0.29) is 36.3 Å². The Balaban J connectivity index is 1.68. The molecule has 6 heteroatoms. The van der Waals surface area contributed by atoms with Gasteiger partial charge in [-0.3, -0.25) is 9.59 Å². The highest BCUT2D eigenvalue weighted by Gasteiger charge is 2.23. The lowest BCUT2D eigenvalue weighted by atomic mass is 10.1. The average molecular weight is 356 g/mol. The smallest absolute Gasteiger partial charge is 0.309 e. The SMILES string of the molecule is COCOc1ccc2c(=O)c(C#CCOC(=O)C3CCCC3)coc2c1. The Bertz CT molecular complexity index is 896. The molecule has 1 aliphatic carbocycles. The molecule has 0 spiro atoms. The molecule has 1 aromatic heterocycles. The Morgan fingerprint density at radius 2 is 2.12 bits per heavy atom. The van der Waals surface area contributed by atoms with Crippen LogP contribution < -0.4 is 10.2 Å². The number of carbonyl (C=O) groups excluding carboxylic acids is 1. The van der Waals surface area contributed by atoms with Gasteiger partial charge in [-0.1, -0.05) is 24.7 Å². The molecule has 1 aromatic carbocycles. The van der Waals surface area contributed by atoms with Gasteiger partial charge in [0.05, 0.1) is 11.3 Å². The summed E-state index contributed by atoms with van der Waals surface area (Å²) in [5.74, 6) is 5.76. The molecule has 0 bridgehead atoms. The van der Waals surface area contributed by atoms with Crippen LogP contribution >= 0.6 is 0 Å². The molecule has 6 nitrogen and oxygen atoms in total. The lowest BCUT2D eigenvalue weighted by Crippen LogP contribution is -2.14. The largest absolute Gasteiger partial charge is 0.467 e. The van der Waals surface area contributed by atoms with Crippen molar-refractivity contribution in [3.8, 4) is 17.6 Å². The van der Waals surface area contributed by atoms with E-state index in [4.69, 9.17) is 18.6 Å². The second kappa shape index (κ2) is 8.54. The lowest BCUT2D eigenvalue weighted by Gasteiger charge is -2.06. The summed E-state index contributed by atoms with van der Waals surface area (Å²) in [4.78, 5) is 24.3. The number of esters is 1. The summed E-state index contributed by atoms with van der Waals surface area (Å²) in [5.41, 5.74) is 0.390. The molecule has 0 N–H and O–H groups in total. The molecule has 0 aliphatic heterocycles. The zero-order valence-electron chi connectivity index (χ0n) is 14.6. The van der Waals surface area contributed by atoms with Crippen molar-refractivity contribution >= 4 is 16.9 Å². The third-order valence-corrected chi connectivity index (χ3v) is 4.29. The first kappa shape index (κ1) is 18.0. The van der Waals surface area contributed by atoms with Crippen molar-refractivity contribution in [3.63, 3.8) is 0 Å². The van der Waals surface area contributed by atoms with Gasteiger partial charge < -0.3 is 18.6 Å². The highest BCUT2D eigenvalue weighted by atomic mass is 16.7. The predicted molar refractivity (Wildman–Crippen MR) is 94.8 cm³/mol. The van der Waals surface area contributed by atoms with Crippen molar-refractivity contribution in [1.29, 1.82) is 0 Å². The molecule has 0 amide bonds. The minimum atomic E-state index is -0.237. The first-order valence-corrected chi connectivity index (χ1v) is 8.52. The van der Waals surface area contributed by atoms with Gasteiger partial charge in [0.2, 0.25) is 5.43 Å². The molecule has 2 aromatic rings. The minimum Gasteiger partial charge on any atom is -0.467 e. The average Bonchev–Trinajstić information content (AvgIpc) is 3.19. The van der Waals surface area contributed by atoms with Crippen LogP contribution in [-0.4, -0.2) is 26.5 Å². The molecule has 1 heterocycles. The van der Waals surface area contributed by atoms with Crippen molar-refractivity contribution in [1.82, 2.24) is 0 Å². The number of carbonyl (C=O) groups is 1. The Hall–Kier alpha value is -2.78. The van der Waals surface area contributed by atoms with Crippen LogP contribution in [0.3, 0.4) is 0 Å². The maximum Gasteiger partial charge on any atom is 0.309 e. The van der Waals surface area contributed by atoms with Gasteiger partial charge >= 0.3 is 5.97 Å². The maximum absolute atomic E-state index is 12.5. The van der Waals surface area contributed by atoms with E-state index in [1.165, 1.54) is 13.4 Å². The van der Waals surface area contributed by atoms with Crippen LogP contribution in [0, 0.1) is 17.8 Å². The number of fused-ring (bicyclic) bond motifs is 1. The highest BCUT2D eigenvalue weighted by Crippen LogP contribution is 2.25. The third kappa shape index (κ3) is 4.24. The summed E-state index contributed by atoms with van der Waals surface area (Å²) >= 11 is 0. The fourth-order valence-electron chi connectivity index (χ4n) is 2.93. The Kier molecular flexibility index (Phi) is 5.92. The first-order chi connectivity index (χ1) is 12.7. The summed E-state index contributed by atoms with van der Waals surface area (Å²) in [6.07, 6.45) is 5.22. The normalized spacial score (nSPS) is 14.0. The summed E-state index contributed by atoms with van der Waals surface area (Å²) in [5, 5.41) is 0.407. The van der Waals surface area contributed by atoms with Crippen molar-refractivity contribution in [2.24, 2.45) is 5.92 Å². The Morgan fingerprint density at radius 3 is 2.88 bits per heavy atom. The van der Waals surface area contributed by atoms with E-state index in [0.717, 1.165) is 25.7 Å². The first-order valence-electron chi connectivity index (χ1n) is 8.52. The molecular weight excluding hydrogens is 336 g/mol. The summed E-state index contributed by atoms with van der Waals surface area (Å²) in [6, 6.07) is 4.91. The molecule has 1 fully saturated rings. The van der Waals surface area contributed by atoms with Crippen molar-refractivity contribution in [2.45, 2.75) is 25.7 Å². The molecule has 0 atom stereocenters. The molecule has 1 aliphatic rings. The second-order valence-electron chi connectivity index (χ2n) is 6.08. The van der Waals surface area contributed by atoms with E-state index >= 15 is 0 Å². The van der Waals surface area contributed by atoms with Crippen LogP contribution in [0.1, 0.15) is 31.2 Å². The topological polar surface area (TPSA) is 75.0 Å². The van der Waals surface area contributed by atoms with Crippen molar-refractivity contribution in [2.75, 3.05) is 20.5 Å². The number of ether oxygens (including phenoxy) is 3. The fourth-order valence-corrected chi connectivity index (χ4v) is 2.93. The maximum atomic E-state index is 12.5. The van der Waals surface area contributed by atoms with Crippen LogP contribution in [0.4, 0.5) is 0 Å². The number of rotatable bonds is 5. The van der Waals surface area contributed by atoms with E-state index < -0.39 is 0 Å². The number of methoxy groups -OCH3 is 1. The zero-order valence-corrected chi connectivity index (χ0v) is 14.6. The quantitative estimate of drug-likeness (QED) is 0.466. The van der Waals surface area contributed by atoms with Crippen molar-refractivity contribution in [3.05, 3.63) is 40.2 Å². The van der Waals surface area contributed by atoms with Gasteiger partial charge in [-0.2, -0.15) is 0 Å². The van der Waals surface area contributed by atoms with Gasteiger partial charge in [-0.05, 0) is 25.0 Å². The zero-order chi connectivity index (χ0) is 18.4. The molecular formula is C20H20O6. The number of hydrogen-bond donors (Lipinski definition) is 0. The second-order valence-corrected chi connectivity index (χ2v) is 6.08. The van der Waals surface area contributed by atoms with Crippen molar-refractivity contribution < 1.29 is 23.4 Å². The van der Waals surface area contributed by atoms with Crippen LogP contribution in [0.5, 0.6) is 5.75 Å². The van der Waals surface area contributed by atoms with Crippen LogP contribution in [0.2, 0.25) is 0 Å². The van der Waals surface area contributed by atoms with Crippen LogP contribution in [0.15, 0.2) is 33.7 Å². The van der Waals surface area contributed by atoms with E-state index in [2.05, 4.69) is 11.8 Å². The van der Waals surface area contributed by atoms with Gasteiger partial charge in [-0.25, -0.2) is 0 Å². The summed E-state index contributed by atoms with van der Waals surface area (Å²) < 4.78 is 20.8. The van der Waals surface area contributed by atoms with E-state index in [9.17, 15) is 9.59 Å². The molecule has 0 radical (unpaired) electrons. The lowest BCUT2D eigenvalue weighted by molar-refractivity contribution is -0.146. The fraction of sp³-hybridized carbons (Fsp3) is 0.400. The van der Waals surface area contributed by atoms with Gasteiger partial charge in [0.25, 0.3) is 0 Å². The van der Waals surface area contributed by atoms with Gasteiger partial charge in [0.15, 0.2) is 13.4 Å². The van der Waals surface area contributed by atoms with Crippen LogP contribution in [-0.2, 0) is 14.3 Å². The predicted octanol–water partition coefficient (Wildman–Crippen LogP) is 2.86. The minimum absolute atomic E-state index is 0.00272. The summed E-state index contributed by atoms with van der Waals surface area (Å²) in [7, 11) is 1.52. The molecule has 0 saturated heterocycles. The summed E-state index contributed by atoms with van der Waals surface area (Å²) in [6.45, 7) is 0.0789. The third-order valence-electron chi connectivity index (χ3n) is 4.29. The molecule has 0 unspecified atom stereocenters. The van der Waals surface area contributed by atoms with Gasteiger partial charge in [0, 0.05) is 13.2 Å². The van der Waals surface area contributed by atoms with E-state index in [1.807, 2.05) is 0 Å². The molecule has 136 valence electrons. The standard InChI is InChI=1S/C20H20O6/c1-23-13-26-16-8-9-17-18(11-16)25-12-15(19(17)21)7-4-10-24-20(22)14-5-2-3-6-14/h8-9,11-12,14H,2-3,5-6,10,13H2,1H3. The van der Waals surface area contributed by atoms with E-state index in [0.29, 0.717) is 16.7 Å². The number of benzene rings is 1. The van der Waals surface area contributed by atoms with Gasteiger partial charge in [-0.15, -0.1) is 0 Å². The van der Waals surface area contributed by atoms with Crippen LogP contribution in [0.25, 0.3) is 11.0 Å². The highest BCUT2D eigenvalue weighted by molar-refractivity contribution is 5.79. The number of hydrogen-bond acceptors (Lipinski definition) is 6. The molecule has 26 heavy (non-hydrogen) atoms. The van der Waals surface area contributed by atoms with Gasteiger partial charge in [0.1, 0.15) is 23.2 Å². The Labute approximate surface area is 151 Å². The monoisotopic (exact) mass is 356 g/mol. The van der Waals surface area contributed by atoms with E-state index in [1.54, 1.807) is 18.2 Å². The molecule has 1 saturated carbocycles.